The van der Waals surface area contributed by atoms with Crippen molar-refractivity contribution in [2.24, 2.45) is 0 Å². The molecule has 0 aliphatic carbocycles. The van der Waals surface area contributed by atoms with Crippen LogP contribution in [0.1, 0.15) is 0 Å². The molecule has 0 saturated heterocycles. The topological polar surface area (TPSA) is 188 Å². The van der Waals surface area contributed by atoms with Crippen LogP contribution in [0.3, 0.4) is 0 Å². The summed E-state index contributed by atoms with van der Waals surface area (Å²) in [6.07, 6.45) is 0. The highest BCUT2D eigenvalue weighted by Gasteiger charge is 2.19. The van der Waals surface area contributed by atoms with E-state index in [9.17, 15) is 24.0 Å². The standard InChI is InChI=1S/C15H26N4O9/c1-16-11(20)6-18(8-13(23)24)4-2-17(7-12(21)22)3-5-19(9-14(25)26)10-15(27)28/h2-10H2,1H3,(H,16,20)(H,21,22)(H,23,24)(H,25,26)(H,27,28). The Morgan fingerprint density at radius 1 is 0.571 bits per heavy atom. The molecule has 13 heteroatoms. The maximum Gasteiger partial charge on any atom is 0.317 e. The normalized spacial score (nSPS) is 11.0. The molecular weight excluding hydrogens is 380 g/mol. The van der Waals surface area contributed by atoms with Gasteiger partial charge in [0.05, 0.1) is 32.7 Å². The lowest BCUT2D eigenvalue weighted by molar-refractivity contribution is -0.143. The van der Waals surface area contributed by atoms with Gasteiger partial charge in [-0.3, -0.25) is 38.7 Å². The lowest BCUT2D eigenvalue weighted by Gasteiger charge is -2.27. The highest BCUT2D eigenvalue weighted by Crippen LogP contribution is 1.97. The summed E-state index contributed by atoms with van der Waals surface area (Å²) in [6, 6.07) is 0. The fraction of sp³-hybridized carbons (Fsp3) is 0.667. The highest BCUT2D eigenvalue weighted by atomic mass is 16.4. The van der Waals surface area contributed by atoms with E-state index in [1.807, 2.05) is 0 Å². The SMILES string of the molecule is CNC(=O)CN(CCN(CCN(CC(=O)O)CC(=O)O)CC(=O)O)CC(=O)O. The van der Waals surface area contributed by atoms with Gasteiger partial charge < -0.3 is 25.7 Å². The minimum absolute atomic E-state index is 0.0136. The molecule has 0 aromatic heterocycles. The second-order valence-corrected chi connectivity index (χ2v) is 5.95. The van der Waals surface area contributed by atoms with Crippen molar-refractivity contribution >= 4 is 29.8 Å². The Labute approximate surface area is 161 Å². The van der Waals surface area contributed by atoms with E-state index >= 15 is 0 Å². The van der Waals surface area contributed by atoms with Crippen LogP contribution in [0, 0.1) is 0 Å². The number of carbonyl (C=O) groups excluding carboxylic acids is 1. The summed E-state index contributed by atoms with van der Waals surface area (Å²) in [5.41, 5.74) is 0. The summed E-state index contributed by atoms with van der Waals surface area (Å²) in [5.74, 6) is -5.14. The molecule has 0 rings (SSSR count). The minimum Gasteiger partial charge on any atom is -0.480 e. The molecule has 0 saturated carbocycles. The number of nitrogens with zero attached hydrogens (tertiary/aromatic N) is 3. The van der Waals surface area contributed by atoms with Crippen LogP contribution in [-0.4, -0.2) is 131 Å². The summed E-state index contributed by atoms with van der Waals surface area (Å²) in [7, 11) is 1.40. The highest BCUT2D eigenvalue weighted by molar-refractivity contribution is 5.78. The molecule has 0 aromatic carbocycles. The number of rotatable bonds is 16. The lowest BCUT2D eigenvalue weighted by atomic mass is 10.3. The Bertz CT molecular complexity index is 554. The van der Waals surface area contributed by atoms with Crippen LogP contribution in [0.5, 0.6) is 0 Å². The number of hydrogen-bond donors (Lipinski definition) is 5. The lowest BCUT2D eigenvalue weighted by Crippen LogP contribution is -2.46. The smallest absolute Gasteiger partial charge is 0.317 e. The van der Waals surface area contributed by atoms with Crippen molar-refractivity contribution in [3.05, 3.63) is 0 Å². The summed E-state index contributed by atoms with van der Waals surface area (Å²) in [5, 5.41) is 38.0. The number of nitrogens with one attached hydrogen (secondary N) is 1. The molecule has 28 heavy (non-hydrogen) atoms. The third-order valence-electron chi connectivity index (χ3n) is 3.55. The van der Waals surface area contributed by atoms with Gasteiger partial charge in [0, 0.05) is 33.2 Å². The first-order valence-corrected chi connectivity index (χ1v) is 8.28. The zero-order chi connectivity index (χ0) is 21.7. The summed E-state index contributed by atoms with van der Waals surface area (Å²) in [6.45, 7) is -1.85. The minimum atomic E-state index is -1.22. The number of aliphatic carboxylic acids is 4. The maximum atomic E-state index is 11.5. The first-order valence-electron chi connectivity index (χ1n) is 8.28. The van der Waals surface area contributed by atoms with Gasteiger partial charge in [0.2, 0.25) is 5.91 Å². The molecule has 0 heterocycles. The van der Waals surface area contributed by atoms with E-state index < -0.39 is 56.0 Å². The predicted octanol–water partition coefficient (Wildman–Crippen LogP) is -3.02. The fourth-order valence-corrected chi connectivity index (χ4v) is 2.31. The Kier molecular flexibility index (Phi) is 12.1. The molecule has 13 nitrogen and oxygen atoms in total. The van der Waals surface area contributed by atoms with E-state index in [0.29, 0.717) is 0 Å². The molecule has 1 amide bonds. The summed E-state index contributed by atoms with van der Waals surface area (Å²) < 4.78 is 0. The van der Waals surface area contributed by atoms with Crippen LogP contribution in [0.15, 0.2) is 0 Å². The maximum absolute atomic E-state index is 11.5. The number of carboxylic acids is 4. The Morgan fingerprint density at radius 3 is 1.18 bits per heavy atom. The van der Waals surface area contributed by atoms with Crippen LogP contribution < -0.4 is 5.32 Å². The van der Waals surface area contributed by atoms with Gasteiger partial charge >= 0.3 is 23.9 Å². The van der Waals surface area contributed by atoms with Crippen molar-refractivity contribution in [3.8, 4) is 0 Å². The second-order valence-electron chi connectivity index (χ2n) is 5.95. The first-order chi connectivity index (χ1) is 13.0. The third-order valence-corrected chi connectivity index (χ3v) is 3.55. The van der Waals surface area contributed by atoms with E-state index in [1.165, 1.54) is 16.8 Å². The molecule has 0 unspecified atom stereocenters. The van der Waals surface area contributed by atoms with Crippen LogP contribution in [0.2, 0.25) is 0 Å². The first kappa shape index (κ1) is 25.2. The number of likely N-dealkylation sites (N-methyl/N-ethyl adjacent to an activating group) is 1. The van der Waals surface area contributed by atoms with Crippen LogP contribution in [0.4, 0.5) is 0 Å². The van der Waals surface area contributed by atoms with Crippen LogP contribution in [0.25, 0.3) is 0 Å². The van der Waals surface area contributed by atoms with Crippen molar-refractivity contribution in [1.82, 2.24) is 20.0 Å². The van der Waals surface area contributed by atoms with Crippen LogP contribution >= 0.6 is 0 Å². The van der Waals surface area contributed by atoms with Crippen molar-refractivity contribution in [3.63, 3.8) is 0 Å². The predicted molar refractivity (Wildman–Crippen MR) is 93.9 cm³/mol. The monoisotopic (exact) mass is 406 g/mol. The number of hydrogen-bond acceptors (Lipinski definition) is 8. The van der Waals surface area contributed by atoms with Crippen molar-refractivity contribution in [2.45, 2.75) is 0 Å². The van der Waals surface area contributed by atoms with Gasteiger partial charge in [-0.1, -0.05) is 0 Å². The molecule has 5 N–H and O–H groups in total. The fourth-order valence-electron chi connectivity index (χ4n) is 2.31. The Hall–Kier alpha value is -2.77. The van der Waals surface area contributed by atoms with Gasteiger partial charge in [0.15, 0.2) is 0 Å². The zero-order valence-electron chi connectivity index (χ0n) is 15.5. The third kappa shape index (κ3) is 13.4. The van der Waals surface area contributed by atoms with E-state index in [0.717, 1.165) is 4.90 Å². The molecule has 0 bridgehead atoms. The van der Waals surface area contributed by atoms with Gasteiger partial charge in [0.25, 0.3) is 0 Å². The number of carbonyl (C=O) groups is 5. The molecule has 0 aliphatic heterocycles. The molecule has 0 fully saturated rings. The molecule has 160 valence electrons. The van der Waals surface area contributed by atoms with Crippen molar-refractivity contribution in [1.29, 1.82) is 0 Å². The van der Waals surface area contributed by atoms with E-state index in [1.54, 1.807) is 0 Å². The van der Waals surface area contributed by atoms with Crippen LogP contribution in [-0.2, 0) is 24.0 Å². The van der Waals surface area contributed by atoms with E-state index in [4.69, 9.17) is 20.4 Å². The van der Waals surface area contributed by atoms with Crippen molar-refractivity contribution in [2.75, 3.05) is 66.0 Å². The van der Waals surface area contributed by atoms with Gasteiger partial charge in [-0.15, -0.1) is 0 Å². The van der Waals surface area contributed by atoms with E-state index in [-0.39, 0.29) is 32.7 Å². The van der Waals surface area contributed by atoms with Crippen molar-refractivity contribution < 1.29 is 44.4 Å². The average molecular weight is 406 g/mol. The molecule has 0 aromatic rings. The number of carboxylic acid groups (broad SMARTS) is 4. The average Bonchev–Trinajstić information content (AvgIpc) is 2.54. The Balaban J connectivity index is 4.90. The van der Waals surface area contributed by atoms with Gasteiger partial charge in [0.1, 0.15) is 0 Å². The second kappa shape index (κ2) is 13.4. The summed E-state index contributed by atoms with van der Waals surface area (Å²) >= 11 is 0. The van der Waals surface area contributed by atoms with Gasteiger partial charge in [-0.05, 0) is 0 Å². The molecule has 0 atom stereocenters. The largest absolute Gasteiger partial charge is 0.480 e. The van der Waals surface area contributed by atoms with E-state index in [2.05, 4.69) is 5.32 Å². The summed E-state index contributed by atoms with van der Waals surface area (Å²) in [4.78, 5) is 59.0. The van der Waals surface area contributed by atoms with Gasteiger partial charge in [-0.2, -0.15) is 0 Å². The number of amides is 1. The zero-order valence-corrected chi connectivity index (χ0v) is 15.5. The Morgan fingerprint density at radius 2 is 0.857 bits per heavy atom. The quantitative estimate of drug-likeness (QED) is 0.175. The molecular formula is C15H26N4O9. The molecule has 0 aliphatic rings. The van der Waals surface area contributed by atoms with Gasteiger partial charge in [-0.25, -0.2) is 0 Å². The molecule has 0 spiro atoms. The molecule has 0 radical (unpaired) electrons.